The van der Waals surface area contributed by atoms with E-state index in [1.165, 1.54) is 0 Å². The van der Waals surface area contributed by atoms with Crippen molar-refractivity contribution < 1.29 is 9.47 Å². The van der Waals surface area contributed by atoms with E-state index < -0.39 is 4.52 Å². The molecule has 0 saturated heterocycles. The Hall–Kier alpha value is 0.500. The third kappa shape index (κ3) is 5.30. The van der Waals surface area contributed by atoms with Crippen molar-refractivity contribution in [3.8, 4) is 0 Å². The van der Waals surface area contributed by atoms with Gasteiger partial charge in [-0.05, 0) is 13.8 Å². The second-order valence-electron chi connectivity index (χ2n) is 1.71. The average molecular weight is 187 g/mol. The largest absolute Gasteiger partial charge is 0.376 e. The summed E-state index contributed by atoms with van der Waals surface area (Å²) in [4.78, 5) is 0. The van der Waals surface area contributed by atoms with Crippen LogP contribution in [0.5, 0.6) is 0 Å². The molecular weight excluding hydrogens is 175 g/mol. The summed E-state index contributed by atoms with van der Waals surface area (Å²) in [5, 5.41) is 0. The summed E-state index contributed by atoms with van der Waals surface area (Å²) in [6.45, 7) is 4.98. The standard InChI is InChI=1S/C6H12Cl2O2/c1-3-9-5-6(7,8)10-4-2/h3-5H2,1-2H3. The Morgan fingerprint density at radius 3 is 2.20 bits per heavy atom. The van der Waals surface area contributed by atoms with Crippen LogP contribution in [-0.4, -0.2) is 24.3 Å². The van der Waals surface area contributed by atoms with Gasteiger partial charge in [0.2, 0.25) is 4.52 Å². The van der Waals surface area contributed by atoms with Crippen LogP contribution in [0.1, 0.15) is 13.8 Å². The Bertz CT molecular complexity index is 85.8. The molecule has 0 N–H and O–H groups in total. The highest BCUT2D eigenvalue weighted by Gasteiger charge is 2.23. The zero-order valence-electron chi connectivity index (χ0n) is 6.19. The lowest BCUT2D eigenvalue weighted by molar-refractivity contribution is 0.0111. The van der Waals surface area contributed by atoms with Gasteiger partial charge in [0.25, 0.3) is 0 Å². The van der Waals surface area contributed by atoms with Gasteiger partial charge in [0, 0.05) is 13.2 Å². The minimum absolute atomic E-state index is 0.209. The lowest BCUT2D eigenvalue weighted by Gasteiger charge is -2.18. The zero-order chi connectivity index (χ0) is 8.04. The molecule has 0 heterocycles. The maximum Gasteiger partial charge on any atom is 0.241 e. The highest BCUT2D eigenvalue weighted by Crippen LogP contribution is 2.22. The Labute approximate surface area is 71.4 Å². The lowest BCUT2D eigenvalue weighted by atomic mass is 10.7. The molecule has 0 fully saturated rings. The molecule has 4 heteroatoms. The molecule has 0 atom stereocenters. The van der Waals surface area contributed by atoms with Crippen LogP contribution in [0.2, 0.25) is 0 Å². The Kier molecular flexibility index (Phi) is 5.45. The molecule has 0 aromatic rings. The highest BCUT2D eigenvalue weighted by atomic mass is 35.5. The van der Waals surface area contributed by atoms with Crippen LogP contribution in [0.4, 0.5) is 0 Å². The maximum absolute atomic E-state index is 5.63. The summed E-state index contributed by atoms with van der Waals surface area (Å²) >= 11 is 11.3. The van der Waals surface area contributed by atoms with E-state index in [-0.39, 0.29) is 6.61 Å². The molecule has 0 aromatic carbocycles. The van der Waals surface area contributed by atoms with Gasteiger partial charge in [0.15, 0.2) is 0 Å². The van der Waals surface area contributed by atoms with E-state index in [1.807, 2.05) is 13.8 Å². The van der Waals surface area contributed by atoms with Crippen LogP contribution in [0.15, 0.2) is 0 Å². The van der Waals surface area contributed by atoms with E-state index in [4.69, 9.17) is 32.7 Å². The van der Waals surface area contributed by atoms with Crippen LogP contribution in [0, 0.1) is 0 Å². The molecule has 0 amide bonds. The predicted molar refractivity (Wildman–Crippen MR) is 42.6 cm³/mol. The first-order valence-electron chi connectivity index (χ1n) is 3.22. The normalized spacial score (nSPS) is 12.0. The van der Waals surface area contributed by atoms with Crippen molar-refractivity contribution in [2.45, 2.75) is 18.4 Å². The number of alkyl halides is 2. The van der Waals surface area contributed by atoms with E-state index in [0.717, 1.165) is 0 Å². The smallest absolute Gasteiger partial charge is 0.241 e. The lowest BCUT2D eigenvalue weighted by Crippen LogP contribution is -2.24. The predicted octanol–water partition coefficient (Wildman–Crippen LogP) is 2.19. The van der Waals surface area contributed by atoms with Crippen molar-refractivity contribution in [3.63, 3.8) is 0 Å². The van der Waals surface area contributed by atoms with Crippen molar-refractivity contribution in [1.29, 1.82) is 0 Å². The third-order valence-electron chi connectivity index (χ3n) is 0.830. The number of halogens is 2. The van der Waals surface area contributed by atoms with Crippen molar-refractivity contribution >= 4 is 23.2 Å². The first-order chi connectivity index (χ1) is 4.62. The van der Waals surface area contributed by atoms with Crippen LogP contribution >= 0.6 is 23.2 Å². The molecule has 0 aliphatic rings. The minimum Gasteiger partial charge on any atom is -0.376 e. The molecule has 2 nitrogen and oxygen atoms in total. The second-order valence-corrected chi connectivity index (χ2v) is 3.12. The summed E-state index contributed by atoms with van der Waals surface area (Å²) in [5.41, 5.74) is 0. The number of hydrogen-bond donors (Lipinski definition) is 0. The van der Waals surface area contributed by atoms with Gasteiger partial charge in [-0.25, -0.2) is 0 Å². The number of rotatable bonds is 5. The first-order valence-corrected chi connectivity index (χ1v) is 3.97. The summed E-state index contributed by atoms with van der Waals surface area (Å²) in [5.74, 6) is 0. The van der Waals surface area contributed by atoms with E-state index in [0.29, 0.717) is 13.2 Å². The van der Waals surface area contributed by atoms with Crippen LogP contribution in [0.3, 0.4) is 0 Å². The van der Waals surface area contributed by atoms with Gasteiger partial charge in [-0.3, -0.25) is 0 Å². The average Bonchev–Trinajstić information content (AvgIpc) is 1.84. The molecule has 0 spiro atoms. The zero-order valence-corrected chi connectivity index (χ0v) is 7.71. The Morgan fingerprint density at radius 1 is 1.20 bits per heavy atom. The van der Waals surface area contributed by atoms with Gasteiger partial charge in [0.05, 0.1) is 0 Å². The quantitative estimate of drug-likeness (QED) is 0.614. The molecule has 0 bridgehead atoms. The fourth-order valence-corrected chi connectivity index (χ4v) is 0.846. The molecule has 0 unspecified atom stereocenters. The minimum atomic E-state index is -1.18. The van der Waals surface area contributed by atoms with Gasteiger partial charge in [-0.1, -0.05) is 23.2 Å². The van der Waals surface area contributed by atoms with E-state index >= 15 is 0 Å². The summed E-state index contributed by atoms with van der Waals surface area (Å²) in [6.07, 6.45) is 0. The third-order valence-corrected chi connectivity index (χ3v) is 1.27. The monoisotopic (exact) mass is 186 g/mol. The Morgan fingerprint density at radius 2 is 1.80 bits per heavy atom. The van der Waals surface area contributed by atoms with Gasteiger partial charge in [-0.2, -0.15) is 0 Å². The van der Waals surface area contributed by atoms with Crippen molar-refractivity contribution in [2.75, 3.05) is 19.8 Å². The highest BCUT2D eigenvalue weighted by molar-refractivity contribution is 6.47. The SMILES string of the molecule is CCOCC(Cl)(Cl)OCC. The number of ether oxygens (including phenoxy) is 2. The molecular formula is C6H12Cl2O2. The van der Waals surface area contributed by atoms with Crippen LogP contribution in [0.25, 0.3) is 0 Å². The molecule has 0 saturated carbocycles. The first kappa shape index (κ1) is 10.5. The maximum atomic E-state index is 5.63. The van der Waals surface area contributed by atoms with Gasteiger partial charge >= 0.3 is 0 Å². The molecule has 0 radical (unpaired) electrons. The summed E-state index contributed by atoms with van der Waals surface area (Å²) in [7, 11) is 0. The molecule has 0 aliphatic carbocycles. The van der Waals surface area contributed by atoms with E-state index in [1.54, 1.807) is 0 Å². The second kappa shape index (κ2) is 5.19. The summed E-state index contributed by atoms with van der Waals surface area (Å²) in [6, 6.07) is 0. The summed E-state index contributed by atoms with van der Waals surface area (Å²) < 4.78 is 8.72. The van der Waals surface area contributed by atoms with E-state index in [9.17, 15) is 0 Å². The fourth-order valence-electron chi connectivity index (χ4n) is 0.474. The van der Waals surface area contributed by atoms with Crippen molar-refractivity contribution in [3.05, 3.63) is 0 Å². The molecule has 10 heavy (non-hydrogen) atoms. The van der Waals surface area contributed by atoms with Crippen molar-refractivity contribution in [2.24, 2.45) is 0 Å². The fraction of sp³-hybridized carbons (Fsp3) is 1.00. The number of hydrogen-bond acceptors (Lipinski definition) is 2. The molecule has 0 aromatic heterocycles. The molecule has 0 aliphatic heterocycles. The van der Waals surface area contributed by atoms with E-state index in [2.05, 4.69) is 0 Å². The van der Waals surface area contributed by atoms with Crippen LogP contribution < -0.4 is 0 Å². The Balaban J connectivity index is 3.42. The van der Waals surface area contributed by atoms with Gasteiger partial charge in [-0.15, -0.1) is 0 Å². The molecule has 62 valence electrons. The van der Waals surface area contributed by atoms with Crippen molar-refractivity contribution in [1.82, 2.24) is 0 Å². The molecule has 0 rings (SSSR count). The topological polar surface area (TPSA) is 18.5 Å². The van der Waals surface area contributed by atoms with Gasteiger partial charge in [0.1, 0.15) is 6.61 Å². The van der Waals surface area contributed by atoms with Crippen LogP contribution in [-0.2, 0) is 9.47 Å². The van der Waals surface area contributed by atoms with Gasteiger partial charge < -0.3 is 9.47 Å².